The van der Waals surface area contributed by atoms with Crippen molar-refractivity contribution in [3.8, 4) is 0 Å². The zero-order chi connectivity index (χ0) is 11.1. The van der Waals surface area contributed by atoms with Gasteiger partial charge < -0.3 is 0 Å². The predicted molar refractivity (Wildman–Crippen MR) is 54.9 cm³/mol. The Balaban J connectivity index is 4.00. The van der Waals surface area contributed by atoms with Gasteiger partial charge in [-0.1, -0.05) is 0 Å². The van der Waals surface area contributed by atoms with E-state index in [1.165, 1.54) is 0 Å². The van der Waals surface area contributed by atoms with E-state index in [2.05, 4.69) is 0 Å². The van der Waals surface area contributed by atoms with Crippen LogP contribution in [0.1, 0.15) is 26.7 Å². The van der Waals surface area contributed by atoms with Gasteiger partial charge in [0.15, 0.2) is 0 Å². The standard InChI is InChI=1S/C8H14O4Se2/c1-3-5(7(9)10)13-14-6(4-2)8(11)12/h5-6H,3-4H2,1-2H3,(H,9,10)(H,11,12). The van der Waals surface area contributed by atoms with E-state index < -0.39 is 11.9 Å². The summed E-state index contributed by atoms with van der Waals surface area (Å²) in [6.07, 6.45) is 1.21. The third-order valence-electron chi connectivity index (χ3n) is 1.58. The van der Waals surface area contributed by atoms with Crippen LogP contribution in [0.5, 0.6) is 0 Å². The molecule has 0 aromatic heterocycles. The van der Waals surface area contributed by atoms with Gasteiger partial charge in [0.1, 0.15) is 0 Å². The number of carboxylic acids is 2. The average Bonchev–Trinajstić information content (AvgIpc) is 2.11. The van der Waals surface area contributed by atoms with Gasteiger partial charge in [0.05, 0.1) is 0 Å². The summed E-state index contributed by atoms with van der Waals surface area (Å²) in [6, 6.07) is 0. The van der Waals surface area contributed by atoms with Gasteiger partial charge in [-0.2, -0.15) is 0 Å². The van der Waals surface area contributed by atoms with Crippen LogP contribution in [0.2, 0.25) is 9.63 Å². The molecule has 2 unspecified atom stereocenters. The van der Waals surface area contributed by atoms with E-state index in [9.17, 15) is 9.59 Å². The number of hydrogen-bond acceptors (Lipinski definition) is 2. The van der Waals surface area contributed by atoms with Crippen molar-refractivity contribution in [1.82, 2.24) is 0 Å². The van der Waals surface area contributed by atoms with Crippen LogP contribution >= 0.6 is 0 Å². The summed E-state index contributed by atoms with van der Waals surface area (Å²) in [4.78, 5) is 20.7. The number of rotatable bonds is 7. The zero-order valence-corrected chi connectivity index (χ0v) is 11.5. The quantitative estimate of drug-likeness (QED) is 0.679. The maximum atomic E-state index is 10.7. The first-order valence-electron chi connectivity index (χ1n) is 4.30. The van der Waals surface area contributed by atoms with Crippen LogP contribution in [-0.4, -0.2) is 48.4 Å². The van der Waals surface area contributed by atoms with E-state index >= 15 is 0 Å². The fourth-order valence-electron chi connectivity index (χ4n) is 0.702. The number of hydrogen-bond donors (Lipinski definition) is 2. The molecule has 0 aliphatic rings. The molecular formula is C8H14O4Se2. The Hall–Kier alpha value is -0.0210. The molecule has 6 heteroatoms. The zero-order valence-electron chi connectivity index (χ0n) is 8.10. The molecule has 4 nitrogen and oxygen atoms in total. The maximum absolute atomic E-state index is 10.7. The molecule has 2 atom stereocenters. The summed E-state index contributed by atoms with van der Waals surface area (Å²) in [6.45, 7) is 3.66. The van der Waals surface area contributed by atoms with Crippen LogP contribution in [0.4, 0.5) is 0 Å². The molecule has 82 valence electrons. The second-order valence-electron chi connectivity index (χ2n) is 2.66. The minimum atomic E-state index is -0.783. The van der Waals surface area contributed by atoms with Crippen molar-refractivity contribution in [2.45, 2.75) is 36.3 Å². The number of aliphatic carboxylic acids is 2. The fourth-order valence-corrected chi connectivity index (χ4v) is 9.87. The summed E-state index contributed by atoms with van der Waals surface area (Å²) >= 11 is -0.0979. The van der Waals surface area contributed by atoms with E-state index in [1.54, 1.807) is 0 Å². The molecular weight excluding hydrogens is 318 g/mol. The Labute approximate surface area is 94.3 Å². The van der Waals surface area contributed by atoms with Gasteiger partial charge in [-0.15, -0.1) is 0 Å². The third-order valence-corrected chi connectivity index (χ3v) is 11.3. The third kappa shape index (κ3) is 5.01. The van der Waals surface area contributed by atoms with Crippen molar-refractivity contribution in [1.29, 1.82) is 0 Å². The van der Waals surface area contributed by atoms with Gasteiger partial charge in [0, 0.05) is 0 Å². The summed E-state index contributed by atoms with van der Waals surface area (Å²) in [5, 5.41) is 17.6. The van der Waals surface area contributed by atoms with Crippen LogP contribution in [-0.2, 0) is 9.59 Å². The second-order valence-corrected chi connectivity index (χ2v) is 10.1. The molecule has 0 aromatic rings. The van der Waals surface area contributed by atoms with Crippen molar-refractivity contribution >= 4 is 38.2 Å². The second kappa shape index (κ2) is 7.29. The molecule has 0 saturated carbocycles. The molecule has 0 aromatic carbocycles. The van der Waals surface area contributed by atoms with Crippen LogP contribution in [0.3, 0.4) is 0 Å². The van der Waals surface area contributed by atoms with E-state index in [0.29, 0.717) is 12.8 Å². The Morgan fingerprint density at radius 1 is 1.00 bits per heavy atom. The molecule has 0 spiro atoms. The van der Waals surface area contributed by atoms with E-state index in [1.807, 2.05) is 13.8 Å². The molecule has 2 N–H and O–H groups in total. The molecule has 0 saturated heterocycles. The van der Waals surface area contributed by atoms with Crippen molar-refractivity contribution in [3.63, 3.8) is 0 Å². The Kier molecular flexibility index (Phi) is 7.28. The Morgan fingerprint density at radius 2 is 1.29 bits per heavy atom. The van der Waals surface area contributed by atoms with Gasteiger partial charge in [0.2, 0.25) is 0 Å². The first kappa shape index (κ1) is 14.0. The molecule has 0 rings (SSSR count). The van der Waals surface area contributed by atoms with E-state index in [-0.39, 0.29) is 35.9 Å². The molecule has 0 heterocycles. The molecule has 0 aliphatic carbocycles. The van der Waals surface area contributed by atoms with Crippen LogP contribution in [0.25, 0.3) is 0 Å². The first-order valence-corrected chi connectivity index (χ1v) is 10.6. The first-order chi connectivity index (χ1) is 6.52. The van der Waals surface area contributed by atoms with Crippen LogP contribution in [0.15, 0.2) is 0 Å². The van der Waals surface area contributed by atoms with Crippen LogP contribution < -0.4 is 0 Å². The molecule has 0 radical (unpaired) electrons. The number of carboxylic acid groups (broad SMARTS) is 2. The molecule has 0 aliphatic heterocycles. The fraction of sp³-hybridized carbons (Fsp3) is 0.750. The predicted octanol–water partition coefficient (Wildman–Crippen LogP) is 0.876. The van der Waals surface area contributed by atoms with Gasteiger partial charge >= 0.3 is 94.3 Å². The molecule has 14 heavy (non-hydrogen) atoms. The summed E-state index contributed by atoms with van der Waals surface area (Å²) < 4.78 is 0. The van der Waals surface area contributed by atoms with Crippen molar-refractivity contribution < 1.29 is 19.8 Å². The monoisotopic (exact) mass is 334 g/mol. The normalized spacial score (nSPS) is 14.7. The summed E-state index contributed by atoms with van der Waals surface area (Å²) in [5.74, 6) is -1.57. The van der Waals surface area contributed by atoms with Crippen molar-refractivity contribution in [3.05, 3.63) is 0 Å². The Bertz CT molecular complexity index is 186. The molecule has 0 bridgehead atoms. The van der Waals surface area contributed by atoms with E-state index in [0.717, 1.165) is 0 Å². The van der Waals surface area contributed by atoms with Gasteiger partial charge in [-0.25, -0.2) is 0 Å². The average molecular weight is 332 g/mol. The van der Waals surface area contributed by atoms with Gasteiger partial charge in [0.25, 0.3) is 0 Å². The minimum absolute atomic E-state index is 0.0490. The van der Waals surface area contributed by atoms with Gasteiger partial charge in [-0.3, -0.25) is 0 Å². The summed E-state index contributed by atoms with van der Waals surface area (Å²) in [5.41, 5.74) is 0. The summed E-state index contributed by atoms with van der Waals surface area (Å²) in [7, 11) is 0. The number of carbonyl (C=O) groups is 2. The van der Waals surface area contributed by atoms with E-state index in [4.69, 9.17) is 10.2 Å². The topological polar surface area (TPSA) is 74.6 Å². The molecule has 0 fully saturated rings. The Morgan fingerprint density at radius 3 is 1.43 bits per heavy atom. The van der Waals surface area contributed by atoms with Crippen molar-refractivity contribution in [2.75, 3.05) is 0 Å². The molecule has 0 amide bonds. The van der Waals surface area contributed by atoms with Gasteiger partial charge in [-0.05, 0) is 0 Å². The van der Waals surface area contributed by atoms with Crippen molar-refractivity contribution in [2.24, 2.45) is 0 Å². The van der Waals surface area contributed by atoms with Crippen LogP contribution in [0, 0.1) is 0 Å². The SMILES string of the molecule is CCC([Se][Se]C(CC)C(=O)O)C(=O)O.